The summed E-state index contributed by atoms with van der Waals surface area (Å²) in [7, 11) is 0. The first-order chi connectivity index (χ1) is 3.56. The molecule has 0 unspecified atom stereocenters. The SMILES string of the molecule is N#CCOC(F)(F)F. The number of alkyl halides is 3. The molecule has 0 fully saturated rings. The zero-order valence-corrected chi connectivity index (χ0v) is 3.70. The molecule has 5 heteroatoms. The molecule has 0 rings (SSSR count). The molecule has 0 N–H and O–H groups in total. The van der Waals surface area contributed by atoms with Crippen molar-refractivity contribution >= 4 is 0 Å². The van der Waals surface area contributed by atoms with Crippen LogP contribution in [0.25, 0.3) is 0 Å². The second-order valence-corrected chi connectivity index (χ2v) is 0.893. The minimum absolute atomic E-state index is 0.941. The third kappa shape index (κ3) is 5.24. The van der Waals surface area contributed by atoms with Gasteiger partial charge in [0.15, 0.2) is 0 Å². The highest BCUT2D eigenvalue weighted by atomic mass is 19.4. The molecular weight excluding hydrogens is 123 g/mol. The lowest BCUT2D eigenvalue weighted by molar-refractivity contribution is -0.319. The molecule has 0 aromatic rings. The van der Waals surface area contributed by atoms with E-state index in [1.807, 2.05) is 0 Å². The molecule has 0 saturated heterocycles. The highest BCUT2D eigenvalue weighted by molar-refractivity contribution is 4.66. The van der Waals surface area contributed by atoms with Crippen LogP contribution in [-0.4, -0.2) is 13.0 Å². The first kappa shape index (κ1) is 7.24. The first-order valence-electron chi connectivity index (χ1n) is 1.64. The van der Waals surface area contributed by atoms with Crippen molar-refractivity contribution in [3.8, 4) is 6.07 Å². The largest absolute Gasteiger partial charge is 0.523 e. The fourth-order valence-electron chi connectivity index (χ4n) is 0.114. The van der Waals surface area contributed by atoms with Crippen molar-refractivity contribution in [2.24, 2.45) is 0 Å². The molecule has 0 saturated carbocycles. The molecule has 0 heterocycles. The van der Waals surface area contributed by atoms with Gasteiger partial charge in [0.2, 0.25) is 0 Å². The third-order valence-corrected chi connectivity index (χ3v) is 0.300. The monoisotopic (exact) mass is 125 g/mol. The van der Waals surface area contributed by atoms with E-state index in [2.05, 4.69) is 4.74 Å². The lowest BCUT2D eigenvalue weighted by Crippen LogP contribution is -2.12. The maximum absolute atomic E-state index is 10.9. The van der Waals surface area contributed by atoms with Crippen molar-refractivity contribution in [3.05, 3.63) is 0 Å². The molecular formula is C3H2F3NO. The molecule has 46 valence electrons. The topological polar surface area (TPSA) is 33.0 Å². The molecule has 0 atom stereocenters. The van der Waals surface area contributed by atoms with Gasteiger partial charge < -0.3 is 0 Å². The van der Waals surface area contributed by atoms with Gasteiger partial charge in [0, 0.05) is 0 Å². The fraction of sp³-hybridized carbons (Fsp3) is 0.667. The van der Waals surface area contributed by atoms with Crippen LogP contribution in [0.2, 0.25) is 0 Å². The molecule has 2 nitrogen and oxygen atoms in total. The summed E-state index contributed by atoms with van der Waals surface area (Å²) in [5.41, 5.74) is 0. The lowest BCUT2D eigenvalue weighted by atomic mass is 10.8. The standard InChI is InChI=1S/C3H2F3NO/c4-3(5,6)8-2-1-7/h2H2. The molecule has 8 heavy (non-hydrogen) atoms. The molecule has 0 amide bonds. The fourth-order valence-corrected chi connectivity index (χ4v) is 0.114. The summed E-state index contributed by atoms with van der Waals surface area (Å²) in [5.74, 6) is 0. The van der Waals surface area contributed by atoms with Crippen molar-refractivity contribution < 1.29 is 17.9 Å². The average molecular weight is 125 g/mol. The van der Waals surface area contributed by atoms with Crippen LogP contribution < -0.4 is 0 Å². The van der Waals surface area contributed by atoms with Gasteiger partial charge in [-0.2, -0.15) is 5.26 Å². The van der Waals surface area contributed by atoms with Crippen LogP contribution in [0.5, 0.6) is 0 Å². The average Bonchev–Trinajstić information content (AvgIpc) is 1.59. The molecule has 0 aromatic carbocycles. The first-order valence-corrected chi connectivity index (χ1v) is 1.64. The summed E-state index contributed by atoms with van der Waals surface area (Å²) in [6.45, 7) is -0.941. The van der Waals surface area contributed by atoms with Crippen molar-refractivity contribution in [2.75, 3.05) is 6.61 Å². The van der Waals surface area contributed by atoms with E-state index in [-0.39, 0.29) is 0 Å². The van der Waals surface area contributed by atoms with Gasteiger partial charge in [0.1, 0.15) is 6.61 Å². The van der Waals surface area contributed by atoms with E-state index in [4.69, 9.17) is 5.26 Å². The van der Waals surface area contributed by atoms with Gasteiger partial charge in [-0.05, 0) is 0 Å². The normalized spacial score (nSPS) is 10.8. The molecule has 0 radical (unpaired) electrons. The Balaban J connectivity index is 3.28. The maximum Gasteiger partial charge on any atom is 0.523 e. The van der Waals surface area contributed by atoms with Crippen LogP contribution in [0.4, 0.5) is 13.2 Å². The Bertz CT molecular complexity index is 102. The quantitative estimate of drug-likeness (QED) is 0.524. The third-order valence-electron chi connectivity index (χ3n) is 0.300. The zero-order chi connectivity index (χ0) is 6.62. The van der Waals surface area contributed by atoms with Crippen LogP contribution in [0.15, 0.2) is 0 Å². The number of nitriles is 1. The van der Waals surface area contributed by atoms with Gasteiger partial charge in [0.25, 0.3) is 0 Å². The Kier molecular flexibility index (Phi) is 2.28. The van der Waals surface area contributed by atoms with Gasteiger partial charge in [-0.25, -0.2) is 0 Å². The van der Waals surface area contributed by atoms with Crippen LogP contribution >= 0.6 is 0 Å². The maximum atomic E-state index is 10.9. The van der Waals surface area contributed by atoms with E-state index in [9.17, 15) is 13.2 Å². The van der Waals surface area contributed by atoms with Gasteiger partial charge in [0.05, 0.1) is 6.07 Å². The molecule has 0 aromatic heterocycles. The summed E-state index contributed by atoms with van der Waals surface area (Å²) in [4.78, 5) is 0. The number of ether oxygens (including phenoxy) is 1. The summed E-state index contributed by atoms with van der Waals surface area (Å²) in [5, 5.41) is 7.55. The van der Waals surface area contributed by atoms with E-state index in [1.54, 1.807) is 0 Å². The van der Waals surface area contributed by atoms with E-state index < -0.39 is 13.0 Å². The smallest absolute Gasteiger partial charge is 0.277 e. The number of hydrogen-bond donors (Lipinski definition) is 0. The Morgan fingerprint density at radius 2 is 2.00 bits per heavy atom. The predicted octanol–water partition coefficient (Wildman–Crippen LogP) is 1.05. The van der Waals surface area contributed by atoms with Crippen molar-refractivity contribution in [1.29, 1.82) is 5.26 Å². The van der Waals surface area contributed by atoms with E-state index in [1.165, 1.54) is 6.07 Å². The van der Waals surface area contributed by atoms with Gasteiger partial charge in [-0.15, -0.1) is 13.2 Å². The minimum atomic E-state index is -4.67. The highest BCUT2D eigenvalue weighted by Crippen LogP contribution is 2.14. The number of rotatable bonds is 1. The van der Waals surface area contributed by atoms with Crippen molar-refractivity contribution in [1.82, 2.24) is 0 Å². The van der Waals surface area contributed by atoms with E-state index >= 15 is 0 Å². The van der Waals surface area contributed by atoms with Crippen LogP contribution in [-0.2, 0) is 4.74 Å². The summed E-state index contributed by atoms with van der Waals surface area (Å²) >= 11 is 0. The zero-order valence-electron chi connectivity index (χ0n) is 3.70. The van der Waals surface area contributed by atoms with Crippen LogP contribution in [0.1, 0.15) is 0 Å². The minimum Gasteiger partial charge on any atom is -0.277 e. The Hall–Kier alpha value is -0.760. The van der Waals surface area contributed by atoms with Crippen molar-refractivity contribution in [2.45, 2.75) is 6.36 Å². The van der Waals surface area contributed by atoms with E-state index in [0.29, 0.717) is 0 Å². The Labute approximate surface area is 43.5 Å². The number of hydrogen-bond acceptors (Lipinski definition) is 2. The summed E-state index contributed by atoms with van der Waals surface area (Å²) in [6.07, 6.45) is -4.67. The Morgan fingerprint density at radius 1 is 1.50 bits per heavy atom. The highest BCUT2D eigenvalue weighted by Gasteiger charge is 2.28. The predicted molar refractivity (Wildman–Crippen MR) is 17.6 cm³/mol. The van der Waals surface area contributed by atoms with E-state index in [0.717, 1.165) is 0 Å². The summed E-state index contributed by atoms with van der Waals surface area (Å²) in [6, 6.07) is 1.18. The van der Waals surface area contributed by atoms with Gasteiger partial charge >= 0.3 is 6.36 Å². The lowest BCUT2D eigenvalue weighted by Gasteiger charge is -2.00. The number of halogens is 3. The van der Waals surface area contributed by atoms with Gasteiger partial charge in [-0.3, -0.25) is 4.74 Å². The molecule has 0 aliphatic carbocycles. The molecule has 0 spiro atoms. The Morgan fingerprint density at radius 3 is 2.12 bits per heavy atom. The van der Waals surface area contributed by atoms with Crippen LogP contribution in [0.3, 0.4) is 0 Å². The summed E-state index contributed by atoms with van der Waals surface area (Å²) < 4.78 is 35.6. The number of nitrogens with zero attached hydrogens (tertiary/aromatic N) is 1. The second kappa shape index (κ2) is 2.52. The molecule has 0 bridgehead atoms. The van der Waals surface area contributed by atoms with Crippen LogP contribution in [0, 0.1) is 11.3 Å². The molecule has 0 aliphatic rings. The van der Waals surface area contributed by atoms with Gasteiger partial charge in [-0.1, -0.05) is 0 Å². The van der Waals surface area contributed by atoms with Crippen molar-refractivity contribution in [3.63, 3.8) is 0 Å². The molecule has 0 aliphatic heterocycles. The second-order valence-electron chi connectivity index (χ2n) is 0.893.